The van der Waals surface area contributed by atoms with Gasteiger partial charge in [-0.15, -0.1) is 0 Å². The first-order valence-corrected chi connectivity index (χ1v) is 14.1. The van der Waals surface area contributed by atoms with Crippen molar-refractivity contribution in [2.45, 2.75) is 44.2 Å². The van der Waals surface area contributed by atoms with Crippen LogP contribution in [-0.4, -0.2) is 59.0 Å². The van der Waals surface area contributed by atoms with Crippen LogP contribution < -0.4 is 15.4 Å². The lowest BCUT2D eigenvalue weighted by atomic mass is 9.93. The van der Waals surface area contributed by atoms with Crippen molar-refractivity contribution in [1.29, 1.82) is 5.41 Å². The SMILES string of the molecule is C=CC(=N)c1c(-c2ccc(Oc3ccccc3)cc2)nn(C2CCCN(C(=O)C=CCNC3CCC3)C2)c1NC. The number of nitrogens with zero attached hydrogens (tertiary/aromatic N) is 3. The predicted molar refractivity (Wildman–Crippen MR) is 160 cm³/mol. The normalized spacial score (nSPS) is 17.4. The molecule has 2 aliphatic rings. The zero-order valence-corrected chi connectivity index (χ0v) is 23.1. The minimum Gasteiger partial charge on any atom is -0.457 e. The highest BCUT2D eigenvalue weighted by molar-refractivity contribution is 6.13. The lowest BCUT2D eigenvalue weighted by molar-refractivity contribution is -0.127. The van der Waals surface area contributed by atoms with Crippen molar-refractivity contribution in [3.8, 4) is 22.8 Å². The molecule has 0 bridgehead atoms. The molecule has 208 valence electrons. The molecule has 8 heteroatoms. The minimum atomic E-state index is -0.00699. The molecule has 3 N–H and O–H groups in total. The molecule has 5 rings (SSSR count). The van der Waals surface area contributed by atoms with Crippen molar-refractivity contribution in [2.24, 2.45) is 0 Å². The summed E-state index contributed by atoms with van der Waals surface area (Å²) in [5, 5.41) is 20.4. The molecule has 1 saturated carbocycles. The molecule has 1 saturated heterocycles. The summed E-state index contributed by atoms with van der Waals surface area (Å²) in [5.41, 5.74) is 2.56. The number of nitrogens with one attached hydrogen (secondary N) is 3. The summed E-state index contributed by atoms with van der Waals surface area (Å²) in [4.78, 5) is 14.9. The average molecular weight is 539 g/mol. The number of hydrogen-bond acceptors (Lipinski definition) is 6. The molecular formula is C32H38N6O2. The van der Waals surface area contributed by atoms with Gasteiger partial charge in [0.25, 0.3) is 0 Å². The fourth-order valence-corrected chi connectivity index (χ4v) is 5.27. The van der Waals surface area contributed by atoms with Gasteiger partial charge in [0.05, 0.1) is 17.3 Å². The van der Waals surface area contributed by atoms with E-state index in [4.69, 9.17) is 15.2 Å². The lowest BCUT2D eigenvalue weighted by Gasteiger charge is -2.33. The number of aromatic nitrogens is 2. The third kappa shape index (κ3) is 6.18. The van der Waals surface area contributed by atoms with Crippen LogP contribution in [0, 0.1) is 5.41 Å². The van der Waals surface area contributed by atoms with Gasteiger partial charge in [-0.25, -0.2) is 4.68 Å². The van der Waals surface area contributed by atoms with Gasteiger partial charge < -0.3 is 25.7 Å². The van der Waals surface area contributed by atoms with Crippen LogP contribution in [0.1, 0.15) is 43.7 Å². The van der Waals surface area contributed by atoms with Gasteiger partial charge in [-0.1, -0.05) is 37.3 Å². The van der Waals surface area contributed by atoms with Gasteiger partial charge in [0.1, 0.15) is 23.0 Å². The minimum absolute atomic E-state index is 0.00699. The van der Waals surface area contributed by atoms with Gasteiger partial charge in [-0.2, -0.15) is 5.10 Å². The van der Waals surface area contributed by atoms with Crippen molar-refractivity contribution in [3.63, 3.8) is 0 Å². The van der Waals surface area contributed by atoms with E-state index >= 15 is 0 Å². The topological polar surface area (TPSA) is 95.3 Å². The maximum absolute atomic E-state index is 13.0. The van der Waals surface area contributed by atoms with Crippen LogP contribution in [0.15, 0.2) is 79.4 Å². The molecular weight excluding hydrogens is 500 g/mol. The Morgan fingerprint density at radius 3 is 2.52 bits per heavy atom. The summed E-state index contributed by atoms with van der Waals surface area (Å²) in [6.07, 6.45) is 10.7. The van der Waals surface area contributed by atoms with Crippen LogP contribution in [0.5, 0.6) is 11.5 Å². The number of hydrogen-bond donors (Lipinski definition) is 3. The number of anilines is 1. The van der Waals surface area contributed by atoms with E-state index in [2.05, 4.69) is 17.2 Å². The molecule has 40 heavy (non-hydrogen) atoms. The van der Waals surface area contributed by atoms with Crippen LogP contribution in [0.4, 0.5) is 5.82 Å². The third-order valence-corrected chi connectivity index (χ3v) is 7.67. The molecule has 0 radical (unpaired) electrons. The van der Waals surface area contributed by atoms with E-state index in [0.717, 1.165) is 48.8 Å². The molecule has 2 heterocycles. The average Bonchev–Trinajstić information content (AvgIpc) is 3.36. The van der Waals surface area contributed by atoms with Gasteiger partial charge >= 0.3 is 0 Å². The summed E-state index contributed by atoms with van der Waals surface area (Å²) in [5.74, 6) is 2.28. The molecule has 8 nitrogen and oxygen atoms in total. The molecule has 2 aromatic carbocycles. The van der Waals surface area contributed by atoms with E-state index in [1.165, 1.54) is 25.3 Å². The zero-order valence-electron chi connectivity index (χ0n) is 23.1. The second-order valence-electron chi connectivity index (χ2n) is 10.3. The number of piperidine rings is 1. The van der Waals surface area contributed by atoms with Gasteiger partial charge in [0.2, 0.25) is 5.91 Å². The Hall–Kier alpha value is -4.17. The highest BCUT2D eigenvalue weighted by atomic mass is 16.5. The third-order valence-electron chi connectivity index (χ3n) is 7.67. The van der Waals surface area contributed by atoms with Crippen molar-refractivity contribution in [3.05, 3.63) is 85.0 Å². The van der Waals surface area contributed by atoms with E-state index in [0.29, 0.717) is 29.6 Å². The van der Waals surface area contributed by atoms with Crippen LogP contribution in [0.2, 0.25) is 0 Å². The van der Waals surface area contributed by atoms with E-state index in [9.17, 15) is 4.79 Å². The fraction of sp³-hybridized carbons (Fsp3) is 0.344. The van der Waals surface area contributed by atoms with Crippen LogP contribution in [0.25, 0.3) is 11.3 Å². The molecule has 2 fully saturated rings. The highest BCUT2D eigenvalue weighted by Gasteiger charge is 2.29. The molecule has 3 aromatic rings. The summed E-state index contributed by atoms with van der Waals surface area (Å²) in [6.45, 7) is 5.87. The smallest absolute Gasteiger partial charge is 0.246 e. The van der Waals surface area contributed by atoms with Crippen molar-refractivity contribution >= 4 is 17.4 Å². The largest absolute Gasteiger partial charge is 0.457 e. The molecule has 1 aliphatic heterocycles. The Balaban J connectivity index is 1.36. The second kappa shape index (κ2) is 12.8. The maximum atomic E-state index is 13.0. The van der Waals surface area contributed by atoms with E-state index in [1.54, 1.807) is 6.08 Å². The Morgan fingerprint density at radius 2 is 1.85 bits per heavy atom. The van der Waals surface area contributed by atoms with Crippen LogP contribution in [0.3, 0.4) is 0 Å². The first-order valence-electron chi connectivity index (χ1n) is 14.1. The van der Waals surface area contributed by atoms with Crippen LogP contribution >= 0.6 is 0 Å². The summed E-state index contributed by atoms with van der Waals surface area (Å²) >= 11 is 0. The predicted octanol–water partition coefficient (Wildman–Crippen LogP) is 5.80. The summed E-state index contributed by atoms with van der Waals surface area (Å²) in [6, 6.07) is 18.0. The number of para-hydroxylation sites is 1. The number of carbonyl (C=O) groups is 1. The molecule has 1 amide bonds. The zero-order chi connectivity index (χ0) is 27.9. The number of likely N-dealkylation sites (tertiary alicyclic amines) is 1. The summed E-state index contributed by atoms with van der Waals surface area (Å²) < 4.78 is 7.92. The lowest BCUT2D eigenvalue weighted by Crippen LogP contribution is -2.40. The first-order chi connectivity index (χ1) is 19.6. The highest BCUT2D eigenvalue weighted by Crippen LogP contribution is 2.35. The van der Waals surface area contributed by atoms with Crippen LogP contribution in [-0.2, 0) is 4.79 Å². The number of ether oxygens (including phenoxy) is 1. The van der Waals surface area contributed by atoms with Gasteiger partial charge in [-0.05, 0) is 68.2 Å². The van der Waals surface area contributed by atoms with E-state index in [1.807, 2.05) is 77.3 Å². The van der Waals surface area contributed by atoms with Gasteiger partial charge in [-0.3, -0.25) is 4.79 Å². The number of carbonyl (C=O) groups excluding carboxylic acids is 1. The number of benzene rings is 2. The van der Waals surface area contributed by atoms with E-state index in [-0.39, 0.29) is 11.9 Å². The molecule has 1 unspecified atom stereocenters. The number of allylic oxidation sites excluding steroid dienone is 1. The Labute approximate surface area is 236 Å². The standard InChI is InChI=1S/C32H38N6O2/c1-3-28(33)30-31(23-16-18-27(19-17-23)40-26-13-5-4-6-14-26)36-38(32(30)34-2)25-12-9-21-37(22-25)29(39)15-8-20-35-24-10-7-11-24/h3-6,8,13-19,24-25,33-35H,1,7,9-12,20-22H2,2H3. The first kappa shape index (κ1) is 27.4. The Bertz CT molecular complexity index is 1360. The summed E-state index contributed by atoms with van der Waals surface area (Å²) in [7, 11) is 1.84. The second-order valence-corrected chi connectivity index (χ2v) is 10.3. The number of amides is 1. The van der Waals surface area contributed by atoms with Crippen molar-refractivity contribution in [2.75, 3.05) is 32.0 Å². The fourth-order valence-electron chi connectivity index (χ4n) is 5.27. The molecule has 1 aromatic heterocycles. The number of rotatable bonds is 11. The quantitative estimate of drug-likeness (QED) is 0.212. The Kier molecular flexibility index (Phi) is 8.76. The maximum Gasteiger partial charge on any atom is 0.246 e. The monoisotopic (exact) mass is 538 g/mol. The van der Waals surface area contributed by atoms with Gasteiger partial charge in [0, 0.05) is 44.4 Å². The van der Waals surface area contributed by atoms with Crippen molar-refractivity contribution < 1.29 is 9.53 Å². The molecule has 0 spiro atoms. The van der Waals surface area contributed by atoms with Gasteiger partial charge in [0.15, 0.2) is 0 Å². The van der Waals surface area contributed by atoms with E-state index < -0.39 is 0 Å². The molecule has 1 aliphatic carbocycles. The molecule has 1 atom stereocenters. The Morgan fingerprint density at radius 1 is 1.10 bits per heavy atom. The van der Waals surface area contributed by atoms with Crippen molar-refractivity contribution in [1.82, 2.24) is 20.0 Å².